The van der Waals surface area contributed by atoms with Crippen molar-refractivity contribution < 1.29 is 9.84 Å². The van der Waals surface area contributed by atoms with Gasteiger partial charge < -0.3 is 15.2 Å². The van der Waals surface area contributed by atoms with Gasteiger partial charge in [0.2, 0.25) is 0 Å². The quantitative estimate of drug-likeness (QED) is 0.812. The molecule has 2 N–H and O–H groups in total. The van der Waals surface area contributed by atoms with Crippen molar-refractivity contribution in [2.24, 2.45) is 11.8 Å². The highest BCUT2D eigenvalue weighted by Crippen LogP contribution is 2.30. The summed E-state index contributed by atoms with van der Waals surface area (Å²) in [6, 6.07) is 8.14. The standard InChI is InChI=1S/C15H23NO2/c1-18-15-7-2-4-12(8-15)9-16-10-13-5-3-6-14(13)11-17/h2,4,7-8,13-14,16-17H,3,5-6,9-11H2,1H3. The summed E-state index contributed by atoms with van der Waals surface area (Å²) in [7, 11) is 1.69. The van der Waals surface area contributed by atoms with Gasteiger partial charge in [0.1, 0.15) is 5.75 Å². The van der Waals surface area contributed by atoms with Crippen molar-refractivity contribution in [3.05, 3.63) is 29.8 Å². The van der Waals surface area contributed by atoms with E-state index in [0.717, 1.165) is 18.8 Å². The number of methoxy groups -OCH3 is 1. The van der Waals surface area contributed by atoms with Gasteiger partial charge in [0.15, 0.2) is 0 Å². The van der Waals surface area contributed by atoms with E-state index in [0.29, 0.717) is 18.4 Å². The normalized spacial score (nSPS) is 23.2. The summed E-state index contributed by atoms with van der Waals surface area (Å²) in [5, 5.41) is 12.8. The Kier molecular flexibility index (Phi) is 5.02. The van der Waals surface area contributed by atoms with Crippen LogP contribution in [0.15, 0.2) is 24.3 Å². The number of hydrogen-bond acceptors (Lipinski definition) is 3. The molecule has 2 rings (SSSR count). The SMILES string of the molecule is COc1cccc(CNCC2CCCC2CO)c1. The highest BCUT2D eigenvalue weighted by atomic mass is 16.5. The van der Waals surface area contributed by atoms with Crippen LogP contribution in [0.25, 0.3) is 0 Å². The Bertz CT molecular complexity index is 367. The molecule has 0 heterocycles. The van der Waals surface area contributed by atoms with Crippen LogP contribution in [0, 0.1) is 11.8 Å². The van der Waals surface area contributed by atoms with E-state index in [1.165, 1.54) is 24.8 Å². The Morgan fingerprint density at radius 1 is 1.33 bits per heavy atom. The minimum Gasteiger partial charge on any atom is -0.497 e. The third kappa shape index (κ3) is 3.47. The molecule has 0 aliphatic heterocycles. The monoisotopic (exact) mass is 249 g/mol. The summed E-state index contributed by atoms with van der Waals surface area (Å²) in [6.45, 7) is 2.21. The topological polar surface area (TPSA) is 41.5 Å². The van der Waals surface area contributed by atoms with Crippen molar-refractivity contribution in [3.63, 3.8) is 0 Å². The van der Waals surface area contributed by atoms with E-state index in [4.69, 9.17) is 4.74 Å². The van der Waals surface area contributed by atoms with Crippen LogP contribution in [0.2, 0.25) is 0 Å². The molecule has 3 heteroatoms. The molecule has 1 fully saturated rings. The first-order valence-electron chi connectivity index (χ1n) is 6.78. The average molecular weight is 249 g/mol. The summed E-state index contributed by atoms with van der Waals surface area (Å²) in [6.07, 6.45) is 3.69. The maximum absolute atomic E-state index is 9.28. The van der Waals surface area contributed by atoms with Crippen molar-refractivity contribution >= 4 is 0 Å². The molecule has 0 bridgehead atoms. The van der Waals surface area contributed by atoms with Crippen LogP contribution in [-0.4, -0.2) is 25.4 Å². The third-order valence-electron chi connectivity index (χ3n) is 3.92. The Balaban J connectivity index is 1.77. The fraction of sp³-hybridized carbons (Fsp3) is 0.600. The van der Waals surface area contributed by atoms with Gasteiger partial charge in [-0.25, -0.2) is 0 Å². The minimum atomic E-state index is 0.339. The lowest BCUT2D eigenvalue weighted by Gasteiger charge is -2.17. The molecule has 0 spiro atoms. The van der Waals surface area contributed by atoms with Crippen LogP contribution in [-0.2, 0) is 6.54 Å². The van der Waals surface area contributed by atoms with Crippen LogP contribution in [0.4, 0.5) is 0 Å². The Morgan fingerprint density at radius 3 is 2.94 bits per heavy atom. The predicted octanol–water partition coefficient (Wildman–Crippen LogP) is 2.19. The number of aliphatic hydroxyl groups excluding tert-OH is 1. The Hall–Kier alpha value is -1.06. The summed E-state index contributed by atoms with van der Waals surface area (Å²) < 4.78 is 5.21. The first kappa shape index (κ1) is 13.4. The van der Waals surface area contributed by atoms with E-state index in [1.54, 1.807) is 7.11 Å². The number of nitrogens with one attached hydrogen (secondary N) is 1. The third-order valence-corrected chi connectivity index (χ3v) is 3.92. The number of ether oxygens (including phenoxy) is 1. The molecule has 3 nitrogen and oxygen atoms in total. The fourth-order valence-electron chi connectivity index (χ4n) is 2.81. The zero-order valence-electron chi connectivity index (χ0n) is 11.1. The van der Waals surface area contributed by atoms with Gasteiger partial charge in [0.05, 0.1) is 7.11 Å². The smallest absolute Gasteiger partial charge is 0.119 e. The van der Waals surface area contributed by atoms with Crippen molar-refractivity contribution in [3.8, 4) is 5.75 Å². The molecule has 1 aromatic carbocycles. The van der Waals surface area contributed by atoms with Crippen LogP contribution in [0.1, 0.15) is 24.8 Å². The highest BCUT2D eigenvalue weighted by molar-refractivity contribution is 5.28. The van der Waals surface area contributed by atoms with E-state index >= 15 is 0 Å². The maximum Gasteiger partial charge on any atom is 0.119 e. The van der Waals surface area contributed by atoms with Crippen LogP contribution < -0.4 is 10.1 Å². The molecule has 100 valence electrons. The largest absolute Gasteiger partial charge is 0.497 e. The van der Waals surface area contributed by atoms with Gasteiger partial charge in [0, 0.05) is 13.2 Å². The van der Waals surface area contributed by atoms with Crippen molar-refractivity contribution in [1.29, 1.82) is 0 Å². The summed E-state index contributed by atoms with van der Waals surface area (Å²) in [5.74, 6) is 2.05. The van der Waals surface area contributed by atoms with Gasteiger partial charge in [-0.1, -0.05) is 18.6 Å². The van der Waals surface area contributed by atoms with Gasteiger partial charge in [0.25, 0.3) is 0 Å². The molecule has 2 atom stereocenters. The van der Waals surface area contributed by atoms with Gasteiger partial charge in [-0.3, -0.25) is 0 Å². The average Bonchev–Trinajstić information content (AvgIpc) is 2.86. The van der Waals surface area contributed by atoms with Gasteiger partial charge in [-0.05, 0) is 48.9 Å². The van der Waals surface area contributed by atoms with E-state index in [-0.39, 0.29) is 0 Å². The number of rotatable bonds is 6. The first-order chi connectivity index (χ1) is 8.83. The zero-order valence-corrected chi connectivity index (χ0v) is 11.1. The Morgan fingerprint density at radius 2 is 2.17 bits per heavy atom. The van der Waals surface area contributed by atoms with E-state index in [1.807, 2.05) is 12.1 Å². The van der Waals surface area contributed by atoms with Crippen molar-refractivity contribution in [1.82, 2.24) is 5.32 Å². The molecule has 0 radical (unpaired) electrons. The van der Waals surface area contributed by atoms with Gasteiger partial charge >= 0.3 is 0 Å². The van der Waals surface area contributed by atoms with Gasteiger partial charge in [-0.2, -0.15) is 0 Å². The summed E-state index contributed by atoms with van der Waals surface area (Å²) >= 11 is 0. The van der Waals surface area contributed by atoms with E-state index in [9.17, 15) is 5.11 Å². The molecule has 1 aliphatic rings. The molecule has 18 heavy (non-hydrogen) atoms. The molecule has 1 aliphatic carbocycles. The zero-order chi connectivity index (χ0) is 12.8. The second-order valence-corrected chi connectivity index (χ2v) is 5.12. The molecule has 0 saturated heterocycles. The maximum atomic E-state index is 9.28. The second kappa shape index (κ2) is 6.76. The van der Waals surface area contributed by atoms with E-state index in [2.05, 4.69) is 17.4 Å². The number of hydrogen-bond donors (Lipinski definition) is 2. The molecule has 1 saturated carbocycles. The highest BCUT2D eigenvalue weighted by Gasteiger charge is 2.25. The summed E-state index contributed by atoms with van der Waals surface area (Å²) in [5.41, 5.74) is 1.24. The predicted molar refractivity (Wildman–Crippen MR) is 72.6 cm³/mol. The Labute approximate surface area is 109 Å². The van der Waals surface area contributed by atoms with Crippen molar-refractivity contribution in [2.75, 3.05) is 20.3 Å². The molecular weight excluding hydrogens is 226 g/mol. The first-order valence-corrected chi connectivity index (χ1v) is 6.78. The minimum absolute atomic E-state index is 0.339. The van der Waals surface area contributed by atoms with Crippen molar-refractivity contribution in [2.45, 2.75) is 25.8 Å². The molecular formula is C15H23NO2. The lowest BCUT2D eigenvalue weighted by Crippen LogP contribution is -2.26. The summed E-state index contributed by atoms with van der Waals surface area (Å²) in [4.78, 5) is 0. The molecule has 0 amide bonds. The van der Waals surface area contributed by atoms with Crippen LogP contribution in [0.3, 0.4) is 0 Å². The molecule has 2 unspecified atom stereocenters. The molecule has 1 aromatic rings. The number of benzene rings is 1. The lowest BCUT2D eigenvalue weighted by atomic mass is 9.97. The lowest BCUT2D eigenvalue weighted by molar-refractivity contribution is 0.192. The van der Waals surface area contributed by atoms with Gasteiger partial charge in [-0.15, -0.1) is 0 Å². The van der Waals surface area contributed by atoms with Crippen LogP contribution >= 0.6 is 0 Å². The van der Waals surface area contributed by atoms with Crippen LogP contribution in [0.5, 0.6) is 5.75 Å². The van der Waals surface area contributed by atoms with E-state index < -0.39 is 0 Å². The molecule has 0 aromatic heterocycles. The second-order valence-electron chi connectivity index (χ2n) is 5.12. The fourth-order valence-corrected chi connectivity index (χ4v) is 2.81. The number of aliphatic hydroxyl groups is 1.